The SMILES string of the molecule is O=C(NC1CC1)C(Cl)c1cncs1. The molecule has 1 aliphatic carbocycles. The van der Waals surface area contributed by atoms with Gasteiger partial charge >= 0.3 is 0 Å². The van der Waals surface area contributed by atoms with Gasteiger partial charge in [-0.2, -0.15) is 0 Å². The van der Waals surface area contributed by atoms with Crippen molar-refractivity contribution in [2.45, 2.75) is 24.3 Å². The normalized spacial score (nSPS) is 18.2. The van der Waals surface area contributed by atoms with Gasteiger partial charge in [0.2, 0.25) is 5.91 Å². The first kappa shape index (κ1) is 8.97. The van der Waals surface area contributed by atoms with Crippen molar-refractivity contribution in [3.63, 3.8) is 0 Å². The summed E-state index contributed by atoms with van der Waals surface area (Å²) in [6.45, 7) is 0. The zero-order chi connectivity index (χ0) is 9.26. The molecular weight excluding hydrogens is 208 g/mol. The van der Waals surface area contributed by atoms with E-state index in [-0.39, 0.29) is 5.91 Å². The minimum Gasteiger partial charge on any atom is -0.352 e. The fourth-order valence-corrected chi connectivity index (χ4v) is 1.85. The highest BCUT2D eigenvalue weighted by Crippen LogP contribution is 2.26. The van der Waals surface area contributed by atoms with Gasteiger partial charge in [-0.15, -0.1) is 22.9 Å². The van der Waals surface area contributed by atoms with Crippen LogP contribution in [-0.4, -0.2) is 16.9 Å². The Morgan fingerprint density at radius 1 is 1.77 bits per heavy atom. The summed E-state index contributed by atoms with van der Waals surface area (Å²) in [5.41, 5.74) is 1.68. The van der Waals surface area contributed by atoms with Gasteiger partial charge < -0.3 is 5.32 Å². The molecule has 1 aromatic heterocycles. The Balaban J connectivity index is 1.95. The highest BCUT2D eigenvalue weighted by atomic mass is 35.5. The lowest BCUT2D eigenvalue weighted by Gasteiger charge is -2.06. The van der Waals surface area contributed by atoms with Gasteiger partial charge in [-0.25, -0.2) is 0 Å². The molecule has 5 heteroatoms. The molecule has 0 bridgehead atoms. The number of aromatic nitrogens is 1. The average molecular weight is 217 g/mol. The minimum absolute atomic E-state index is 0.103. The summed E-state index contributed by atoms with van der Waals surface area (Å²) in [4.78, 5) is 16.1. The molecule has 1 fully saturated rings. The molecule has 1 amide bonds. The Morgan fingerprint density at radius 3 is 3.08 bits per heavy atom. The van der Waals surface area contributed by atoms with E-state index in [2.05, 4.69) is 10.3 Å². The number of thiazole rings is 1. The molecule has 1 N–H and O–H groups in total. The first-order valence-corrected chi connectivity index (χ1v) is 5.42. The molecule has 70 valence electrons. The number of carbonyl (C=O) groups excluding carboxylic acids is 1. The van der Waals surface area contributed by atoms with Crippen LogP contribution in [-0.2, 0) is 4.79 Å². The number of rotatable bonds is 3. The van der Waals surface area contributed by atoms with Crippen LogP contribution in [0.25, 0.3) is 0 Å². The van der Waals surface area contributed by atoms with Gasteiger partial charge in [-0.3, -0.25) is 9.78 Å². The summed E-state index contributed by atoms with van der Waals surface area (Å²) < 4.78 is 0. The number of nitrogens with one attached hydrogen (secondary N) is 1. The summed E-state index contributed by atoms with van der Waals surface area (Å²) in [6, 6.07) is 0.363. The highest BCUT2D eigenvalue weighted by Gasteiger charge is 2.27. The molecular formula is C8H9ClN2OS. The monoisotopic (exact) mass is 216 g/mol. The second kappa shape index (κ2) is 3.64. The molecule has 1 heterocycles. The number of amides is 1. The molecule has 1 atom stereocenters. The van der Waals surface area contributed by atoms with Crippen molar-refractivity contribution in [3.05, 3.63) is 16.6 Å². The number of carbonyl (C=O) groups is 1. The van der Waals surface area contributed by atoms with Crippen LogP contribution in [0, 0.1) is 0 Å². The Hall–Kier alpha value is -0.610. The van der Waals surface area contributed by atoms with Crippen molar-refractivity contribution in [3.8, 4) is 0 Å². The van der Waals surface area contributed by atoms with Crippen molar-refractivity contribution >= 4 is 28.8 Å². The van der Waals surface area contributed by atoms with Gasteiger partial charge in [0.15, 0.2) is 0 Å². The average Bonchev–Trinajstić information content (AvgIpc) is 2.78. The Kier molecular flexibility index (Phi) is 2.51. The molecule has 1 aliphatic rings. The quantitative estimate of drug-likeness (QED) is 0.782. The maximum Gasteiger partial charge on any atom is 0.243 e. The van der Waals surface area contributed by atoms with Crippen LogP contribution >= 0.6 is 22.9 Å². The van der Waals surface area contributed by atoms with Gasteiger partial charge in [0, 0.05) is 12.2 Å². The molecule has 1 unspecified atom stereocenters. The van der Waals surface area contributed by atoms with Crippen LogP contribution < -0.4 is 5.32 Å². The van der Waals surface area contributed by atoms with E-state index in [0.717, 1.165) is 17.7 Å². The molecule has 0 aliphatic heterocycles. The molecule has 0 radical (unpaired) electrons. The van der Waals surface area contributed by atoms with Crippen molar-refractivity contribution in [2.75, 3.05) is 0 Å². The third-order valence-electron chi connectivity index (χ3n) is 1.86. The van der Waals surface area contributed by atoms with Crippen molar-refractivity contribution in [1.82, 2.24) is 10.3 Å². The van der Waals surface area contributed by atoms with Gasteiger partial charge in [0.25, 0.3) is 0 Å². The molecule has 13 heavy (non-hydrogen) atoms. The minimum atomic E-state index is -0.576. The van der Waals surface area contributed by atoms with Gasteiger partial charge in [-0.1, -0.05) is 0 Å². The van der Waals surface area contributed by atoms with Crippen molar-refractivity contribution in [2.24, 2.45) is 0 Å². The van der Waals surface area contributed by atoms with Crippen LogP contribution in [0.3, 0.4) is 0 Å². The van der Waals surface area contributed by atoms with E-state index < -0.39 is 5.38 Å². The van der Waals surface area contributed by atoms with Crippen LogP contribution in [0.5, 0.6) is 0 Å². The van der Waals surface area contributed by atoms with Crippen LogP contribution in [0.15, 0.2) is 11.7 Å². The van der Waals surface area contributed by atoms with Crippen molar-refractivity contribution < 1.29 is 4.79 Å². The lowest BCUT2D eigenvalue weighted by molar-refractivity contribution is -0.120. The molecule has 2 rings (SSSR count). The fraction of sp³-hybridized carbons (Fsp3) is 0.500. The number of alkyl halides is 1. The topological polar surface area (TPSA) is 42.0 Å². The summed E-state index contributed by atoms with van der Waals surface area (Å²) in [5.74, 6) is -0.103. The van der Waals surface area contributed by atoms with E-state index in [9.17, 15) is 4.79 Å². The third-order valence-corrected chi connectivity index (χ3v) is 3.26. The maximum absolute atomic E-state index is 11.4. The van der Waals surface area contributed by atoms with Gasteiger partial charge in [0.05, 0.1) is 10.4 Å². The summed E-state index contributed by atoms with van der Waals surface area (Å²) in [6.07, 6.45) is 3.80. The van der Waals surface area contributed by atoms with Crippen LogP contribution in [0.4, 0.5) is 0 Å². The van der Waals surface area contributed by atoms with E-state index in [1.807, 2.05) is 0 Å². The number of nitrogens with zero attached hydrogens (tertiary/aromatic N) is 1. The van der Waals surface area contributed by atoms with E-state index in [0.29, 0.717) is 6.04 Å². The van der Waals surface area contributed by atoms with Gasteiger partial charge in [-0.05, 0) is 12.8 Å². The molecule has 3 nitrogen and oxygen atoms in total. The lowest BCUT2D eigenvalue weighted by atomic mass is 10.3. The lowest BCUT2D eigenvalue weighted by Crippen LogP contribution is -2.28. The Labute approximate surface area is 85.1 Å². The summed E-state index contributed by atoms with van der Waals surface area (Å²) >= 11 is 7.33. The first-order valence-electron chi connectivity index (χ1n) is 4.10. The molecule has 1 saturated carbocycles. The fourth-order valence-electron chi connectivity index (χ4n) is 0.982. The largest absolute Gasteiger partial charge is 0.352 e. The zero-order valence-electron chi connectivity index (χ0n) is 6.87. The van der Waals surface area contributed by atoms with E-state index >= 15 is 0 Å². The number of halogens is 1. The number of hydrogen-bond donors (Lipinski definition) is 1. The smallest absolute Gasteiger partial charge is 0.243 e. The predicted molar refractivity (Wildman–Crippen MR) is 51.9 cm³/mol. The first-order chi connectivity index (χ1) is 6.27. The summed E-state index contributed by atoms with van der Waals surface area (Å²) in [5, 5.41) is 2.27. The standard InChI is InChI=1S/C8H9ClN2OS/c9-7(6-3-10-4-13-6)8(12)11-5-1-2-5/h3-5,7H,1-2H2,(H,11,12). The van der Waals surface area contributed by atoms with E-state index in [1.54, 1.807) is 11.7 Å². The molecule has 1 aromatic rings. The van der Waals surface area contributed by atoms with Crippen LogP contribution in [0.2, 0.25) is 0 Å². The second-order valence-electron chi connectivity index (χ2n) is 3.05. The van der Waals surface area contributed by atoms with E-state index in [1.165, 1.54) is 11.3 Å². The molecule has 0 saturated heterocycles. The Morgan fingerprint density at radius 2 is 2.54 bits per heavy atom. The Bertz CT molecular complexity index is 297. The zero-order valence-corrected chi connectivity index (χ0v) is 8.44. The third kappa shape index (κ3) is 2.19. The van der Waals surface area contributed by atoms with Crippen molar-refractivity contribution in [1.29, 1.82) is 0 Å². The second-order valence-corrected chi connectivity index (χ2v) is 4.40. The predicted octanol–water partition coefficient (Wildman–Crippen LogP) is 1.70. The summed E-state index contributed by atoms with van der Waals surface area (Å²) in [7, 11) is 0. The highest BCUT2D eigenvalue weighted by molar-refractivity contribution is 7.10. The number of hydrogen-bond acceptors (Lipinski definition) is 3. The molecule has 0 spiro atoms. The maximum atomic E-state index is 11.4. The van der Waals surface area contributed by atoms with Crippen LogP contribution in [0.1, 0.15) is 23.1 Å². The van der Waals surface area contributed by atoms with Gasteiger partial charge in [0.1, 0.15) is 5.38 Å². The van der Waals surface area contributed by atoms with E-state index in [4.69, 9.17) is 11.6 Å². The molecule has 0 aromatic carbocycles.